The fourth-order valence-electron chi connectivity index (χ4n) is 4.37. The van der Waals surface area contributed by atoms with Gasteiger partial charge in [0.15, 0.2) is 0 Å². The van der Waals surface area contributed by atoms with Crippen molar-refractivity contribution in [1.82, 2.24) is 20.3 Å². The molecule has 0 radical (unpaired) electrons. The quantitative estimate of drug-likeness (QED) is 0.296. The molecule has 9 nitrogen and oxygen atoms in total. The average Bonchev–Trinajstić information content (AvgIpc) is 3.34. The Labute approximate surface area is 228 Å². The molecule has 4 aromatic rings. The summed E-state index contributed by atoms with van der Waals surface area (Å²) in [4.78, 5) is 30.0. The molecule has 0 saturated carbocycles. The summed E-state index contributed by atoms with van der Waals surface area (Å²) in [6, 6.07) is 20.8. The lowest BCUT2D eigenvalue weighted by Crippen LogP contribution is -2.51. The number of fused-ring (bicyclic) bond motifs is 1. The van der Waals surface area contributed by atoms with Crippen molar-refractivity contribution in [3.05, 3.63) is 78.4 Å². The monoisotopic (exact) mass is 529 g/mol. The Morgan fingerprint density at radius 3 is 2.36 bits per heavy atom. The van der Waals surface area contributed by atoms with E-state index in [2.05, 4.69) is 15.6 Å². The molecular weight excluding hydrogens is 494 g/mol. The van der Waals surface area contributed by atoms with E-state index in [9.17, 15) is 9.59 Å². The Kier molecular flexibility index (Phi) is 8.49. The molecule has 0 bridgehead atoms. The van der Waals surface area contributed by atoms with Gasteiger partial charge in [-0.1, -0.05) is 54.6 Å². The maximum absolute atomic E-state index is 14.3. The van der Waals surface area contributed by atoms with Crippen LogP contribution >= 0.6 is 0 Å². The molecule has 0 saturated heterocycles. The fraction of sp³-hybridized carbons (Fsp3) is 0.333. The number of benzene rings is 3. The molecule has 0 fully saturated rings. The van der Waals surface area contributed by atoms with Crippen LogP contribution in [0.4, 0.5) is 5.69 Å². The highest BCUT2D eigenvalue weighted by Crippen LogP contribution is 2.38. The highest BCUT2D eigenvalue weighted by molar-refractivity contribution is 6.03. The third-order valence-corrected chi connectivity index (χ3v) is 6.68. The zero-order chi connectivity index (χ0) is 28.0. The highest BCUT2D eigenvalue weighted by Gasteiger charge is 2.38. The number of amides is 2. The van der Waals surface area contributed by atoms with Gasteiger partial charge in [-0.2, -0.15) is 0 Å². The highest BCUT2D eigenvalue weighted by atomic mass is 16.5. The average molecular weight is 530 g/mol. The van der Waals surface area contributed by atoms with Crippen LogP contribution in [0.2, 0.25) is 0 Å². The summed E-state index contributed by atoms with van der Waals surface area (Å²) in [6.07, 6.45) is 0.701. The molecule has 1 N–H and O–H groups in total. The summed E-state index contributed by atoms with van der Waals surface area (Å²) >= 11 is 0. The van der Waals surface area contributed by atoms with E-state index in [1.54, 1.807) is 22.9 Å². The van der Waals surface area contributed by atoms with Crippen LogP contribution in [-0.2, 0) is 16.1 Å². The molecular formula is C30H35N5O4. The molecule has 0 spiro atoms. The number of nitrogens with one attached hydrogen (secondary N) is 1. The summed E-state index contributed by atoms with van der Waals surface area (Å²) in [5.74, 6) is 0.275. The van der Waals surface area contributed by atoms with Crippen LogP contribution < -0.4 is 19.7 Å². The van der Waals surface area contributed by atoms with E-state index >= 15 is 0 Å². The maximum Gasteiger partial charge on any atom is 0.249 e. The van der Waals surface area contributed by atoms with Crippen LogP contribution in [0.5, 0.6) is 11.5 Å². The molecule has 1 heterocycles. The van der Waals surface area contributed by atoms with Gasteiger partial charge in [-0.15, -0.1) is 5.10 Å². The topological polar surface area (TPSA) is 98.6 Å². The Balaban J connectivity index is 1.90. The maximum atomic E-state index is 14.3. The number of anilines is 1. The van der Waals surface area contributed by atoms with Gasteiger partial charge in [0.05, 0.1) is 24.9 Å². The van der Waals surface area contributed by atoms with Gasteiger partial charge in [0.1, 0.15) is 29.6 Å². The molecule has 4 rings (SSSR count). The number of carbonyl (C=O) groups is 2. The fourth-order valence-corrected chi connectivity index (χ4v) is 4.37. The van der Waals surface area contributed by atoms with Crippen molar-refractivity contribution in [1.29, 1.82) is 0 Å². The van der Waals surface area contributed by atoms with Crippen molar-refractivity contribution in [3.63, 3.8) is 0 Å². The van der Waals surface area contributed by atoms with E-state index in [-0.39, 0.29) is 18.4 Å². The normalized spacial score (nSPS) is 12.1. The number of carbonyl (C=O) groups excluding carboxylic acids is 2. The van der Waals surface area contributed by atoms with Gasteiger partial charge in [-0.25, -0.2) is 4.68 Å². The molecule has 0 aliphatic carbocycles. The molecule has 3 aromatic carbocycles. The van der Waals surface area contributed by atoms with E-state index < -0.39 is 11.6 Å². The van der Waals surface area contributed by atoms with Gasteiger partial charge in [-0.3, -0.25) is 14.5 Å². The lowest BCUT2D eigenvalue weighted by molar-refractivity contribution is -0.128. The molecule has 39 heavy (non-hydrogen) atoms. The molecule has 2 amide bonds. The Morgan fingerprint density at radius 2 is 1.64 bits per heavy atom. The van der Waals surface area contributed by atoms with Crippen molar-refractivity contribution in [2.45, 2.75) is 52.2 Å². The number of nitrogens with zero attached hydrogens (tertiary/aromatic N) is 4. The number of para-hydroxylation sites is 4. The molecule has 0 unspecified atom stereocenters. The SMILES string of the molecule is CCOc1ccccc1[C@@H](C(=O)NC(C)(C)CC)N(C(=O)Cn1nnc2ccccc21)c1ccccc1OC. The van der Waals surface area contributed by atoms with Gasteiger partial charge < -0.3 is 14.8 Å². The van der Waals surface area contributed by atoms with Crippen LogP contribution in [0.1, 0.15) is 45.7 Å². The van der Waals surface area contributed by atoms with Crippen LogP contribution in [0.15, 0.2) is 72.8 Å². The molecule has 204 valence electrons. The number of hydrogen-bond donors (Lipinski definition) is 1. The number of aromatic nitrogens is 3. The van der Waals surface area contributed by atoms with E-state index in [1.165, 1.54) is 12.0 Å². The smallest absolute Gasteiger partial charge is 0.249 e. The molecule has 9 heteroatoms. The number of methoxy groups -OCH3 is 1. The molecule has 1 aromatic heterocycles. The van der Waals surface area contributed by atoms with Crippen molar-refractivity contribution < 1.29 is 19.1 Å². The minimum absolute atomic E-state index is 0.143. The van der Waals surface area contributed by atoms with Crippen LogP contribution in [0, 0.1) is 0 Å². The van der Waals surface area contributed by atoms with Crippen molar-refractivity contribution in [3.8, 4) is 11.5 Å². The second-order valence-corrected chi connectivity index (χ2v) is 9.77. The zero-order valence-electron chi connectivity index (χ0n) is 23.0. The Morgan fingerprint density at radius 1 is 0.974 bits per heavy atom. The lowest BCUT2D eigenvalue weighted by atomic mass is 9.97. The van der Waals surface area contributed by atoms with Crippen molar-refractivity contribution in [2.24, 2.45) is 0 Å². The minimum Gasteiger partial charge on any atom is -0.495 e. The first-order valence-electron chi connectivity index (χ1n) is 13.1. The Bertz CT molecular complexity index is 1450. The van der Waals surface area contributed by atoms with Gasteiger partial charge in [0.2, 0.25) is 11.8 Å². The number of rotatable bonds is 11. The molecule has 0 aliphatic heterocycles. The summed E-state index contributed by atoms with van der Waals surface area (Å²) < 4.78 is 13.1. The van der Waals surface area contributed by atoms with Gasteiger partial charge in [-0.05, 0) is 57.5 Å². The van der Waals surface area contributed by atoms with Crippen LogP contribution in [0.25, 0.3) is 11.0 Å². The number of hydrogen-bond acceptors (Lipinski definition) is 6. The summed E-state index contributed by atoms with van der Waals surface area (Å²) in [7, 11) is 1.54. The summed E-state index contributed by atoms with van der Waals surface area (Å²) in [5.41, 5.74) is 1.90. The van der Waals surface area contributed by atoms with E-state index in [1.807, 2.05) is 82.3 Å². The van der Waals surface area contributed by atoms with Crippen LogP contribution in [-0.4, -0.2) is 46.1 Å². The first-order valence-corrected chi connectivity index (χ1v) is 13.1. The van der Waals surface area contributed by atoms with E-state index in [0.717, 1.165) is 0 Å². The third-order valence-electron chi connectivity index (χ3n) is 6.68. The van der Waals surface area contributed by atoms with Crippen molar-refractivity contribution in [2.75, 3.05) is 18.6 Å². The third kappa shape index (κ3) is 6.03. The van der Waals surface area contributed by atoms with Crippen molar-refractivity contribution >= 4 is 28.5 Å². The first-order chi connectivity index (χ1) is 18.8. The van der Waals surface area contributed by atoms with Gasteiger partial charge in [0, 0.05) is 11.1 Å². The predicted molar refractivity (Wildman–Crippen MR) is 151 cm³/mol. The second kappa shape index (κ2) is 12.0. The van der Waals surface area contributed by atoms with E-state index in [0.29, 0.717) is 46.8 Å². The minimum atomic E-state index is -1.06. The number of ether oxygens (including phenoxy) is 2. The summed E-state index contributed by atoms with van der Waals surface area (Å²) in [6.45, 7) is 8.05. The Hall–Kier alpha value is -4.40. The first kappa shape index (κ1) is 27.6. The standard InChI is InChI=1S/C30H35N5O4/c1-6-30(3,4)31-29(37)28(21-14-8-12-18-25(21)39-7-2)35(24-17-11-13-19-26(24)38-5)27(36)20-34-23-16-10-9-15-22(23)32-33-34/h8-19,28H,6-7,20H2,1-5H3,(H,31,37)/t28-/m0/s1. The van der Waals surface area contributed by atoms with Gasteiger partial charge >= 0.3 is 0 Å². The zero-order valence-corrected chi connectivity index (χ0v) is 23.0. The van der Waals surface area contributed by atoms with Crippen LogP contribution in [0.3, 0.4) is 0 Å². The van der Waals surface area contributed by atoms with E-state index in [4.69, 9.17) is 9.47 Å². The second-order valence-electron chi connectivity index (χ2n) is 9.77. The lowest BCUT2D eigenvalue weighted by Gasteiger charge is -2.35. The summed E-state index contributed by atoms with van der Waals surface area (Å²) in [5, 5.41) is 11.5. The van der Waals surface area contributed by atoms with Gasteiger partial charge in [0.25, 0.3) is 0 Å². The largest absolute Gasteiger partial charge is 0.495 e. The molecule has 0 aliphatic rings. The predicted octanol–water partition coefficient (Wildman–Crippen LogP) is 4.92. The molecule has 1 atom stereocenters.